The number of carbonyl (C=O) groups excluding carboxylic acids is 1. The number of hydrogen-bond acceptors (Lipinski definition) is 7. The van der Waals surface area contributed by atoms with Crippen LogP contribution in [0.4, 0.5) is 5.82 Å². The monoisotopic (exact) mass is 271 g/mol. The number of methoxy groups -OCH3 is 1. The quantitative estimate of drug-likeness (QED) is 0.453. The first-order chi connectivity index (χ1) is 8.65. The first-order valence-corrected chi connectivity index (χ1v) is 6.55. The number of rotatable bonds is 7. The van der Waals surface area contributed by atoms with Crippen molar-refractivity contribution in [1.29, 1.82) is 0 Å². The molecule has 0 fully saturated rings. The molecule has 1 aromatic rings. The molecule has 0 spiro atoms. The second-order valence-electron chi connectivity index (χ2n) is 3.36. The highest BCUT2D eigenvalue weighted by Gasteiger charge is 2.05. The molecule has 2 N–H and O–H groups in total. The maximum Gasteiger partial charge on any atom is 0.306 e. The van der Waals surface area contributed by atoms with Gasteiger partial charge >= 0.3 is 5.97 Å². The van der Waals surface area contributed by atoms with Gasteiger partial charge in [0.2, 0.25) is 0 Å². The number of esters is 1. The first-order valence-electron chi connectivity index (χ1n) is 5.56. The molecular formula is C11H17N3O3S. The molecule has 1 aromatic heterocycles. The van der Waals surface area contributed by atoms with Crippen LogP contribution in [-0.4, -0.2) is 35.4 Å². The molecule has 0 aliphatic heterocycles. The Bertz CT molecular complexity index is 401. The predicted molar refractivity (Wildman–Crippen MR) is 69.1 cm³/mol. The van der Waals surface area contributed by atoms with E-state index in [1.54, 1.807) is 6.07 Å². The van der Waals surface area contributed by atoms with Crippen molar-refractivity contribution in [2.45, 2.75) is 25.0 Å². The van der Waals surface area contributed by atoms with Gasteiger partial charge in [-0.1, -0.05) is 0 Å². The Balaban J connectivity index is 2.54. The average molecular weight is 271 g/mol. The maximum absolute atomic E-state index is 11.0. The zero-order valence-corrected chi connectivity index (χ0v) is 11.3. The van der Waals surface area contributed by atoms with Crippen LogP contribution in [0.15, 0.2) is 11.1 Å². The highest BCUT2D eigenvalue weighted by Crippen LogP contribution is 2.18. The molecule has 18 heavy (non-hydrogen) atoms. The summed E-state index contributed by atoms with van der Waals surface area (Å²) in [7, 11) is 1.37. The standard InChI is InChI=1S/C11H17N3O3S/c1-3-17-7-9-13-8(12)6-10(14-9)18-5-4-11(15)16-2/h6H,3-5,7H2,1-2H3,(H2,12,13,14). The molecule has 0 saturated heterocycles. The Morgan fingerprint density at radius 2 is 2.28 bits per heavy atom. The largest absolute Gasteiger partial charge is 0.469 e. The van der Waals surface area contributed by atoms with E-state index in [1.807, 2.05) is 6.92 Å². The van der Waals surface area contributed by atoms with Crippen LogP contribution in [0.1, 0.15) is 19.2 Å². The summed E-state index contributed by atoms with van der Waals surface area (Å²) in [5, 5.41) is 0.737. The van der Waals surface area contributed by atoms with Crippen molar-refractivity contribution in [3.8, 4) is 0 Å². The number of hydrogen-bond donors (Lipinski definition) is 1. The van der Waals surface area contributed by atoms with Gasteiger partial charge in [0.15, 0.2) is 5.82 Å². The zero-order valence-electron chi connectivity index (χ0n) is 10.5. The number of anilines is 1. The average Bonchev–Trinajstić information content (AvgIpc) is 2.35. The number of nitrogen functional groups attached to an aromatic ring is 1. The fourth-order valence-corrected chi connectivity index (χ4v) is 2.02. The summed E-state index contributed by atoms with van der Waals surface area (Å²) in [5.41, 5.74) is 5.68. The van der Waals surface area contributed by atoms with Gasteiger partial charge in [-0.2, -0.15) is 0 Å². The van der Waals surface area contributed by atoms with E-state index in [2.05, 4.69) is 14.7 Å². The molecule has 1 heterocycles. The Hall–Kier alpha value is -1.34. The number of nitrogens with two attached hydrogens (primary N) is 1. The van der Waals surface area contributed by atoms with Crippen LogP contribution in [0.2, 0.25) is 0 Å². The van der Waals surface area contributed by atoms with Crippen molar-refractivity contribution in [2.24, 2.45) is 0 Å². The highest BCUT2D eigenvalue weighted by atomic mass is 32.2. The summed E-state index contributed by atoms with van der Waals surface area (Å²) < 4.78 is 9.78. The molecule has 0 amide bonds. The minimum atomic E-state index is -0.237. The third-order valence-corrected chi connectivity index (χ3v) is 2.90. The predicted octanol–water partition coefficient (Wildman–Crippen LogP) is 1.25. The van der Waals surface area contributed by atoms with Crippen LogP contribution in [-0.2, 0) is 20.9 Å². The molecule has 0 bridgehead atoms. The smallest absolute Gasteiger partial charge is 0.306 e. The van der Waals surface area contributed by atoms with Crippen molar-refractivity contribution >= 4 is 23.5 Å². The number of aromatic nitrogens is 2. The van der Waals surface area contributed by atoms with Crippen molar-refractivity contribution in [1.82, 2.24) is 9.97 Å². The van der Waals surface area contributed by atoms with Gasteiger partial charge < -0.3 is 15.2 Å². The van der Waals surface area contributed by atoms with E-state index in [0.29, 0.717) is 37.0 Å². The molecule has 6 nitrogen and oxygen atoms in total. The van der Waals surface area contributed by atoms with Crippen molar-refractivity contribution in [3.05, 3.63) is 11.9 Å². The van der Waals surface area contributed by atoms with E-state index in [1.165, 1.54) is 18.9 Å². The number of carbonyl (C=O) groups is 1. The van der Waals surface area contributed by atoms with Crippen molar-refractivity contribution in [2.75, 3.05) is 25.2 Å². The van der Waals surface area contributed by atoms with Crippen LogP contribution in [0.5, 0.6) is 0 Å². The van der Waals surface area contributed by atoms with Crippen LogP contribution in [0, 0.1) is 0 Å². The van der Waals surface area contributed by atoms with E-state index >= 15 is 0 Å². The van der Waals surface area contributed by atoms with Gasteiger partial charge in [-0.3, -0.25) is 4.79 Å². The summed E-state index contributed by atoms with van der Waals surface area (Å²) in [6.07, 6.45) is 0.339. The lowest BCUT2D eigenvalue weighted by molar-refractivity contribution is -0.140. The molecule has 0 saturated carbocycles. The second kappa shape index (κ2) is 7.88. The molecule has 0 radical (unpaired) electrons. The Morgan fingerprint density at radius 3 is 2.94 bits per heavy atom. The lowest BCUT2D eigenvalue weighted by Gasteiger charge is -2.05. The minimum Gasteiger partial charge on any atom is -0.469 e. The molecule has 0 atom stereocenters. The van der Waals surface area contributed by atoms with E-state index in [9.17, 15) is 4.79 Å². The van der Waals surface area contributed by atoms with E-state index < -0.39 is 0 Å². The van der Waals surface area contributed by atoms with Crippen LogP contribution >= 0.6 is 11.8 Å². The fraction of sp³-hybridized carbons (Fsp3) is 0.545. The minimum absolute atomic E-state index is 0.237. The summed E-state index contributed by atoms with van der Waals surface area (Å²) in [4.78, 5) is 19.3. The molecular weight excluding hydrogens is 254 g/mol. The second-order valence-corrected chi connectivity index (χ2v) is 4.47. The third kappa shape index (κ3) is 5.33. The van der Waals surface area contributed by atoms with E-state index in [0.717, 1.165) is 5.03 Å². The lowest BCUT2D eigenvalue weighted by atomic mass is 10.5. The van der Waals surface area contributed by atoms with Gasteiger partial charge in [0.1, 0.15) is 17.5 Å². The summed E-state index contributed by atoms with van der Waals surface area (Å²) in [6, 6.07) is 1.68. The molecule has 0 unspecified atom stereocenters. The summed E-state index contributed by atoms with van der Waals surface area (Å²) in [5.74, 6) is 1.31. The van der Waals surface area contributed by atoms with E-state index in [-0.39, 0.29) is 5.97 Å². The van der Waals surface area contributed by atoms with Crippen molar-refractivity contribution < 1.29 is 14.3 Å². The van der Waals surface area contributed by atoms with Gasteiger partial charge in [0, 0.05) is 18.4 Å². The lowest BCUT2D eigenvalue weighted by Crippen LogP contribution is -2.04. The number of ether oxygens (including phenoxy) is 2. The summed E-state index contributed by atoms with van der Waals surface area (Å²) >= 11 is 1.44. The molecule has 1 rings (SSSR count). The molecule has 0 aromatic carbocycles. The van der Waals surface area contributed by atoms with Gasteiger partial charge in [-0.25, -0.2) is 9.97 Å². The molecule has 0 aliphatic carbocycles. The SMILES string of the molecule is CCOCc1nc(N)cc(SCCC(=O)OC)n1. The Kier molecular flexibility index (Phi) is 6.45. The Morgan fingerprint density at radius 1 is 1.50 bits per heavy atom. The van der Waals surface area contributed by atoms with Crippen LogP contribution in [0.3, 0.4) is 0 Å². The van der Waals surface area contributed by atoms with Crippen LogP contribution in [0.25, 0.3) is 0 Å². The topological polar surface area (TPSA) is 87.3 Å². The first kappa shape index (κ1) is 14.7. The maximum atomic E-state index is 11.0. The molecule has 0 aliphatic rings. The van der Waals surface area contributed by atoms with Crippen LogP contribution < -0.4 is 5.73 Å². The highest BCUT2D eigenvalue weighted by molar-refractivity contribution is 7.99. The van der Waals surface area contributed by atoms with E-state index in [4.69, 9.17) is 10.5 Å². The van der Waals surface area contributed by atoms with Gasteiger partial charge in [0.05, 0.1) is 13.5 Å². The van der Waals surface area contributed by atoms with Gasteiger partial charge in [-0.15, -0.1) is 11.8 Å². The third-order valence-electron chi connectivity index (χ3n) is 1.99. The van der Waals surface area contributed by atoms with Crippen molar-refractivity contribution in [3.63, 3.8) is 0 Å². The Labute approximate surface area is 110 Å². The zero-order chi connectivity index (χ0) is 13.4. The number of thioether (sulfide) groups is 1. The number of nitrogens with zero attached hydrogens (tertiary/aromatic N) is 2. The molecule has 7 heteroatoms. The molecule has 100 valence electrons. The summed E-state index contributed by atoms with van der Waals surface area (Å²) in [6.45, 7) is 2.84. The normalized spacial score (nSPS) is 10.3. The van der Waals surface area contributed by atoms with Gasteiger partial charge in [-0.05, 0) is 6.92 Å². The van der Waals surface area contributed by atoms with Gasteiger partial charge in [0.25, 0.3) is 0 Å². The fourth-order valence-electron chi connectivity index (χ4n) is 1.17.